The van der Waals surface area contributed by atoms with Gasteiger partial charge in [0, 0.05) is 12.7 Å². The van der Waals surface area contributed by atoms with E-state index in [0.717, 1.165) is 17.8 Å². The van der Waals surface area contributed by atoms with Gasteiger partial charge in [0.1, 0.15) is 5.69 Å². The summed E-state index contributed by atoms with van der Waals surface area (Å²) < 4.78 is 37.2. The standard InChI is InChI=1S/C12H10F3N3/c13-12(14,15)10-6-7-16-11(18-10)17-8-9-4-2-1-3-5-9/h1-7H,8H2,(H,16,17,18). The third kappa shape index (κ3) is 3.19. The van der Waals surface area contributed by atoms with E-state index in [1.54, 1.807) is 0 Å². The molecule has 0 spiro atoms. The summed E-state index contributed by atoms with van der Waals surface area (Å²) in [6.45, 7) is 0.377. The molecule has 0 saturated carbocycles. The van der Waals surface area contributed by atoms with E-state index in [1.165, 1.54) is 0 Å². The Morgan fingerprint density at radius 2 is 1.78 bits per heavy atom. The van der Waals surface area contributed by atoms with E-state index >= 15 is 0 Å². The predicted molar refractivity (Wildman–Crippen MR) is 60.8 cm³/mol. The molecule has 2 aromatic rings. The SMILES string of the molecule is FC(F)(F)c1ccnc(NCc2ccccc2)n1. The Bertz CT molecular complexity index is 511. The van der Waals surface area contributed by atoms with E-state index in [2.05, 4.69) is 15.3 Å². The lowest BCUT2D eigenvalue weighted by molar-refractivity contribution is -0.141. The molecule has 0 amide bonds. The Balaban J connectivity index is 2.06. The van der Waals surface area contributed by atoms with Crippen molar-refractivity contribution in [3.63, 3.8) is 0 Å². The van der Waals surface area contributed by atoms with Gasteiger partial charge < -0.3 is 5.32 Å². The number of nitrogens with zero attached hydrogens (tertiary/aromatic N) is 2. The van der Waals surface area contributed by atoms with Crippen molar-refractivity contribution in [1.29, 1.82) is 0 Å². The van der Waals surface area contributed by atoms with Crippen LogP contribution in [0.25, 0.3) is 0 Å². The molecule has 0 saturated heterocycles. The van der Waals surface area contributed by atoms with E-state index in [-0.39, 0.29) is 5.95 Å². The van der Waals surface area contributed by atoms with E-state index in [0.29, 0.717) is 6.54 Å². The number of rotatable bonds is 3. The maximum atomic E-state index is 12.4. The van der Waals surface area contributed by atoms with Crippen LogP contribution in [0.3, 0.4) is 0 Å². The summed E-state index contributed by atoms with van der Waals surface area (Å²) in [7, 11) is 0. The number of alkyl halides is 3. The Kier molecular flexibility index (Phi) is 3.45. The van der Waals surface area contributed by atoms with Crippen molar-refractivity contribution < 1.29 is 13.2 Å². The fourth-order valence-corrected chi connectivity index (χ4v) is 1.38. The summed E-state index contributed by atoms with van der Waals surface area (Å²) in [6, 6.07) is 10.1. The zero-order valence-electron chi connectivity index (χ0n) is 9.28. The van der Waals surface area contributed by atoms with Gasteiger partial charge >= 0.3 is 6.18 Å². The maximum Gasteiger partial charge on any atom is 0.433 e. The number of halogens is 3. The molecule has 0 aliphatic heterocycles. The minimum atomic E-state index is -4.45. The largest absolute Gasteiger partial charge is 0.433 e. The van der Waals surface area contributed by atoms with Crippen molar-refractivity contribution in [3.05, 3.63) is 53.9 Å². The van der Waals surface area contributed by atoms with Gasteiger partial charge in [-0.2, -0.15) is 13.2 Å². The summed E-state index contributed by atoms with van der Waals surface area (Å²) in [5, 5.41) is 2.75. The van der Waals surface area contributed by atoms with E-state index in [1.807, 2.05) is 30.3 Å². The highest BCUT2D eigenvalue weighted by Crippen LogP contribution is 2.27. The Morgan fingerprint density at radius 1 is 1.06 bits per heavy atom. The molecular formula is C12H10F3N3. The van der Waals surface area contributed by atoms with Gasteiger partial charge in [0.15, 0.2) is 0 Å². The second-order valence-electron chi connectivity index (χ2n) is 3.60. The van der Waals surface area contributed by atoms with E-state index in [4.69, 9.17) is 0 Å². The molecule has 1 aromatic carbocycles. The quantitative estimate of drug-likeness (QED) is 0.913. The average Bonchev–Trinajstić information content (AvgIpc) is 2.37. The molecule has 0 unspecified atom stereocenters. The van der Waals surface area contributed by atoms with Gasteiger partial charge in [-0.1, -0.05) is 30.3 Å². The van der Waals surface area contributed by atoms with Gasteiger partial charge in [-0.25, -0.2) is 9.97 Å². The Morgan fingerprint density at radius 3 is 2.44 bits per heavy atom. The minimum absolute atomic E-state index is 0.0336. The molecule has 0 bridgehead atoms. The lowest BCUT2D eigenvalue weighted by Gasteiger charge is -2.08. The van der Waals surface area contributed by atoms with Crippen LogP contribution in [0, 0.1) is 0 Å². The van der Waals surface area contributed by atoms with Crippen LogP contribution in [-0.2, 0) is 12.7 Å². The molecule has 1 heterocycles. The predicted octanol–water partition coefficient (Wildman–Crippen LogP) is 3.11. The number of anilines is 1. The van der Waals surface area contributed by atoms with Crippen molar-refractivity contribution in [2.45, 2.75) is 12.7 Å². The summed E-state index contributed by atoms with van der Waals surface area (Å²) >= 11 is 0. The van der Waals surface area contributed by atoms with Gasteiger partial charge in [-0.15, -0.1) is 0 Å². The molecule has 0 fully saturated rings. The fourth-order valence-electron chi connectivity index (χ4n) is 1.38. The third-order valence-electron chi connectivity index (χ3n) is 2.24. The molecular weight excluding hydrogens is 243 g/mol. The molecule has 1 aromatic heterocycles. The van der Waals surface area contributed by atoms with Gasteiger partial charge in [-0.3, -0.25) is 0 Å². The zero-order chi connectivity index (χ0) is 13.0. The fraction of sp³-hybridized carbons (Fsp3) is 0.167. The number of nitrogens with one attached hydrogen (secondary N) is 1. The minimum Gasteiger partial charge on any atom is -0.350 e. The van der Waals surface area contributed by atoms with Crippen LogP contribution < -0.4 is 5.32 Å². The first-order valence-electron chi connectivity index (χ1n) is 5.24. The maximum absolute atomic E-state index is 12.4. The van der Waals surface area contributed by atoms with Crippen molar-refractivity contribution in [2.24, 2.45) is 0 Å². The summed E-state index contributed by atoms with van der Waals surface area (Å²) in [4.78, 5) is 7.16. The lowest BCUT2D eigenvalue weighted by Crippen LogP contribution is -2.11. The molecule has 94 valence electrons. The zero-order valence-corrected chi connectivity index (χ0v) is 9.28. The van der Waals surface area contributed by atoms with E-state index < -0.39 is 11.9 Å². The molecule has 2 rings (SSSR count). The normalized spacial score (nSPS) is 11.3. The molecule has 18 heavy (non-hydrogen) atoms. The topological polar surface area (TPSA) is 37.8 Å². The van der Waals surface area contributed by atoms with Crippen molar-refractivity contribution >= 4 is 5.95 Å². The monoisotopic (exact) mass is 253 g/mol. The number of aromatic nitrogens is 2. The molecule has 0 aliphatic carbocycles. The highest BCUT2D eigenvalue weighted by atomic mass is 19.4. The van der Waals surface area contributed by atoms with Gasteiger partial charge in [-0.05, 0) is 11.6 Å². The second-order valence-corrected chi connectivity index (χ2v) is 3.60. The van der Waals surface area contributed by atoms with E-state index in [9.17, 15) is 13.2 Å². The van der Waals surface area contributed by atoms with Gasteiger partial charge in [0.05, 0.1) is 0 Å². The lowest BCUT2D eigenvalue weighted by atomic mass is 10.2. The Hall–Kier alpha value is -2.11. The van der Waals surface area contributed by atoms with Crippen molar-refractivity contribution in [3.8, 4) is 0 Å². The first-order chi connectivity index (χ1) is 8.55. The number of hydrogen-bond donors (Lipinski definition) is 1. The van der Waals surface area contributed by atoms with Crippen LogP contribution >= 0.6 is 0 Å². The number of benzene rings is 1. The molecule has 0 atom stereocenters. The third-order valence-corrected chi connectivity index (χ3v) is 2.24. The molecule has 6 heteroatoms. The van der Waals surface area contributed by atoms with Crippen LogP contribution in [0.1, 0.15) is 11.3 Å². The highest BCUT2D eigenvalue weighted by Gasteiger charge is 2.32. The van der Waals surface area contributed by atoms with Crippen LogP contribution in [0.5, 0.6) is 0 Å². The Labute approximate surface area is 102 Å². The summed E-state index contributed by atoms with van der Waals surface area (Å²) in [5.41, 5.74) is -0.00780. The highest BCUT2D eigenvalue weighted by molar-refractivity contribution is 5.28. The van der Waals surface area contributed by atoms with Crippen molar-refractivity contribution in [1.82, 2.24) is 9.97 Å². The first-order valence-corrected chi connectivity index (χ1v) is 5.24. The molecule has 1 N–H and O–H groups in total. The van der Waals surface area contributed by atoms with Gasteiger partial charge in [0.2, 0.25) is 5.95 Å². The van der Waals surface area contributed by atoms with Crippen LogP contribution in [0.15, 0.2) is 42.6 Å². The molecule has 0 radical (unpaired) electrons. The second kappa shape index (κ2) is 5.03. The smallest absolute Gasteiger partial charge is 0.350 e. The van der Waals surface area contributed by atoms with Crippen molar-refractivity contribution in [2.75, 3.05) is 5.32 Å². The molecule has 0 aliphatic rings. The van der Waals surface area contributed by atoms with Crippen LogP contribution in [0.2, 0.25) is 0 Å². The van der Waals surface area contributed by atoms with Crippen LogP contribution in [-0.4, -0.2) is 9.97 Å². The number of hydrogen-bond acceptors (Lipinski definition) is 3. The summed E-state index contributed by atoms with van der Waals surface area (Å²) in [6.07, 6.45) is -3.37. The van der Waals surface area contributed by atoms with Gasteiger partial charge in [0.25, 0.3) is 0 Å². The first kappa shape index (κ1) is 12.3. The van der Waals surface area contributed by atoms with Crippen LogP contribution in [0.4, 0.5) is 19.1 Å². The molecule has 3 nitrogen and oxygen atoms in total. The summed E-state index contributed by atoms with van der Waals surface area (Å²) in [5.74, 6) is -0.0336. The average molecular weight is 253 g/mol.